The van der Waals surface area contributed by atoms with Crippen LogP contribution in [0.4, 0.5) is 0 Å². The molecule has 0 aliphatic rings. The molecule has 54 valence electrons. The molecule has 0 bridgehead atoms. The topological polar surface area (TPSA) is 68.3 Å². The zero-order valence-corrected chi connectivity index (χ0v) is 8.20. The Bertz CT molecular complexity index is 133. The monoisotopic (exact) mass is 186 g/mol. The second-order valence-corrected chi connectivity index (χ2v) is 2.41. The van der Waals surface area contributed by atoms with Crippen molar-refractivity contribution in [1.82, 2.24) is 0 Å². The van der Waals surface area contributed by atoms with Crippen molar-refractivity contribution < 1.29 is 16.8 Å². The van der Waals surface area contributed by atoms with E-state index >= 15 is 0 Å². The van der Waals surface area contributed by atoms with E-state index in [1.807, 2.05) is 0 Å². The summed E-state index contributed by atoms with van der Waals surface area (Å²) in [5.74, 6) is 0. The van der Waals surface area contributed by atoms with Gasteiger partial charge in [-0.1, -0.05) is 33.9 Å². The molecule has 0 fully saturated rings. The quantitative estimate of drug-likeness (QED) is 0.367. The molecule has 9 heavy (non-hydrogen) atoms. The van der Waals surface area contributed by atoms with Crippen molar-refractivity contribution in [3.63, 3.8) is 0 Å². The summed E-state index contributed by atoms with van der Waals surface area (Å²) in [5.41, 5.74) is 0. The van der Waals surface area contributed by atoms with Gasteiger partial charge in [-0.15, -0.1) is 0 Å². The van der Waals surface area contributed by atoms with Gasteiger partial charge in [0.05, 0.1) is 0 Å². The summed E-state index contributed by atoms with van der Waals surface area (Å²) in [7, 11) is -3.72. The molecule has 0 spiro atoms. The van der Waals surface area contributed by atoms with Crippen LogP contribution in [0.2, 0.25) is 0 Å². The molecule has 4 nitrogen and oxygen atoms in total. The Hall–Kier alpha value is 0.432. The van der Waals surface area contributed by atoms with Gasteiger partial charge >= 0.3 is 17.4 Å². The minimum atomic E-state index is -1.86. The van der Waals surface area contributed by atoms with Crippen LogP contribution in [0, 0.1) is 0 Å². The van der Waals surface area contributed by atoms with E-state index in [4.69, 9.17) is 16.8 Å². The molecule has 0 saturated carbocycles. The predicted octanol–water partition coefficient (Wildman–Crippen LogP) is -0.798. The van der Waals surface area contributed by atoms with Crippen LogP contribution in [-0.2, 0) is 38.2 Å². The zero-order valence-electron chi connectivity index (χ0n) is 5.16. The molecular formula is C2H7AlO4S2. The first-order valence-electron chi connectivity index (χ1n) is 1.48. The van der Waals surface area contributed by atoms with E-state index in [9.17, 15) is 0 Å². The summed E-state index contributed by atoms with van der Waals surface area (Å²) in [6.45, 7) is 0. The maximum absolute atomic E-state index is 9.00. The van der Waals surface area contributed by atoms with Gasteiger partial charge in [0, 0.05) is 0 Å². The second-order valence-electron chi connectivity index (χ2n) is 0.803. The van der Waals surface area contributed by atoms with E-state index in [1.165, 1.54) is 0 Å². The molecule has 0 radical (unpaired) electrons. The Labute approximate surface area is 68.3 Å². The molecule has 0 unspecified atom stereocenters. The summed E-state index contributed by atoms with van der Waals surface area (Å²) < 4.78 is 36.0. The Balaban J connectivity index is -0.0000000720. The molecule has 0 aromatic carbocycles. The third-order valence-corrected chi connectivity index (χ3v) is 0. The van der Waals surface area contributed by atoms with Crippen LogP contribution < -0.4 is 0 Å². The van der Waals surface area contributed by atoms with Crippen molar-refractivity contribution in [2.75, 3.05) is 12.5 Å². The molecule has 0 heterocycles. The van der Waals surface area contributed by atoms with Crippen LogP contribution in [0.3, 0.4) is 0 Å². The van der Waals surface area contributed by atoms with Gasteiger partial charge in [0.25, 0.3) is 0 Å². The Kier molecular flexibility index (Phi) is 20.3. The third-order valence-electron chi connectivity index (χ3n) is 0. The van der Waals surface area contributed by atoms with Crippen molar-refractivity contribution in [3.8, 4) is 0 Å². The van der Waals surface area contributed by atoms with Gasteiger partial charge in [-0.25, -0.2) is 0 Å². The Morgan fingerprint density at radius 1 is 0.778 bits per heavy atom. The van der Waals surface area contributed by atoms with Crippen LogP contribution in [0.5, 0.6) is 0 Å². The molecule has 0 amide bonds. The van der Waals surface area contributed by atoms with E-state index in [1.54, 1.807) is 0 Å². The molecule has 0 N–H and O–H groups in total. The fraction of sp³-hybridized carbons (Fsp3) is 1.00. The average molecular weight is 186 g/mol. The van der Waals surface area contributed by atoms with Crippen LogP contribution in [0.15, 0.2) is 0 Å². The van der Waals surface area contributed by atoms with Gasteiger partial charge in [0.2, 0.25) is 0 Å². The normalized spacial score (nSPS) is 7.56. The van der Waals surface area contributed by atoms with Crippen LogP contribution in [0.1, 0.15) is 0 Å². The molecule has 0 aromatic rings. The Morgan fingerprint density at radius 3 is 0.778 bits per heavy atom. The van der Waals surface area contributed by atoms with E-state index in [2.05, 4.69) is 0 Å². The molecule has 0 aliphatic carbocycles. The molecule has 0 aliphatic heterocycles. The minimum absolute atomic E-state index is 0. The fourth-order valence-corrected chi connectivity index (χ4v) is 0. The third kappa shape index (κ3) is 1870. The van der Waals surface area contributed by atoms with Crippen LogP contribution in [0.25, 0.3) is 0 Å². The van der Waals surface area contributed by atoms with Crippen molar-refractivity contribution in [1.29, 1.82) is 0 Å². The fourth-order valence-electron chi connectivity index (χ4n) is 0. The van der Waals surface area contributed by atoms with Crippen molar-refractivity contribution >= 4 is 38.8 Å². The molecular weight excluding hydrogens is 179 g/mol. The SMILES string of the molecule is C[S-](=O)=O.C[S-](=O)=O.[AlH+2]. The number of hydrogen-bond acceptors (Lipinski definition) is 6. The summed E-state index contributed by atoms with van der Waals surface area (Å²) in [6.07, 6.45) is 2.17. The van der Waals surface area contributed by atoms with E-state index in [-0.39, 0.29) is 17.4 Å². The summed E-state index contributed by atoms with van der Waals surface area (Å²) >= 11 is 0. The Morgan fingerprint density at radius 2 is 0.778 bits per heavy atom. The van der Waals surface area contributed by atoms with Crippen molar-refractivity contribution in [2.24, 2.45) is 0 Å². The standard InChI is InChI=1S/2CH3O2S.Al.H/c2*1-4(2)3;;/h2*1H3;;/q2*-1;+2;. The summed E-state index contributed by atoms with van der Waals surface area (Å²) in [5, 5.41) is 0. The van der Waals surface area contributed by atoms with E-state index in [0.29, 0.717) is 0 Å². The maximum atomic E-state index is 9.00. The molecule has 0 atom stereocenters. The van der Waals surface area contributed by atoms with Crippen molar-refractivity contribution in [3.05, 3.63) is 0 Å². The zero-order chi connectivity index (χ0) is 7.15. The molecule has 0 rings (SSSR count). The van der Waals surface area contributed by atoms with Crippen LogP contribution in [-0.4, -0.2) is 29.9 Å². The van der Waals surface area contributed by atoms with E-state index < -0.39 is 21.4 Å². The van der Waals surface area contributed by atoms with Gasteiger partial charge in [0.15, 0.2) is 0 Å². The van der Waals surface area contributed by atoms with Gasteiger partial charge in [-0.3, -0.25) is 0 Å². The first-order chi connectivity index (χ1) is 3.46. The molecule has 0 aromatic heterocycles. The van der Waals surface area contributed by atoms with Crippen molar-refractivity contribution in [2.45, 2.75) is 0 Å². The first-order valence-corrected chi connectivity index (χ1v) is 4.45. The van der Waals surface area contributed by atoms with Gasteiger partial charge in [0.1, 0.15) is 0 Å². The number of rotatable bonds is 0. The van der Waals surface area contributed by atoms with E-state index in [0.717, 1.165) is 12.5 Å². The predicted molar refractivity (Wildman–Crippen MR) is 36.5 cm³/mol. The molecule has 7 heteroatoms. The van der Waals surface area contributed by atoms with Crippen LogP contribution >= 0.6 is 0 Å². The molecule has 0 saturated heterocycles. The van der Waals surface area contributed by atoms with Gasteiger partial charge < -0.3 is 16.8 Å². The van der Waals surface area contributed by atoms with Gasteiger partial charge in [-0.05, 0) is 0 Å². The average Bonchev–Trinajstić information content (AvgIpc) is 1.25. The second kappa shape index (κ2) is 11.3. The first kappa shape index (κ1) is 16.2. The summed E-state index contributed by atoms with van der Waals surface area (Å²) in [6, 6.07) is 0. The van der Waals surface area contributed by atoms with Gasteiger partial charge in [-0.2, -0.15) is 0 Å². The summed E-state index contributed by atoms with van der Waals surface area (Å²) in [4.78, 5) is 0. The number of hydrogen-bond donors (Lipinski definition) is 0.